The molecule has 28 heavy (non-hydrogen) atoms. The second kappa shape index (κ2) is 8.46. The number of carbonyl (C=O) groups excluding carboxylic acids is 2. The Morgan fingerprint density at radius 2 is 2.04 bits per heavy atom. The van der Waals surface area contributed by atoms with Crippen LogP contribution in [-0.2, 0) is 24.2 Å². The van der Waals surface area contributed by atoms with Gasteiger partial charge in [-0.15, -0.1) is 0 Å². The molecule has 0 unspecified atom stereocenters. The molecule has 2 heterocycles. The molecular formula is C21H25N3O4. The zero-order chi connectivity index (χ0) is 19.3. The molecule has 0 spiro atoms. The number of aromatic nitrogens is 1. The minimum Gasteiger partial charge on any atom is -0.486 e. The van der Waals surface area contributed by atoms with Crippen LogP contribution in [-0.4, -0.2) is 29.6 Å². The van der Waals surface area contributed by atoms with Gasteiger partial charge in [-0.1, -0.05) is 11.2 Å². The molecular weight excluding hydrogens is 358 g/mol. The van der Waals surface area contributed by atoms with E-state index in [2.05, 4.69) is 27.9 Å². The largest absolute Gasteiger partial charge is 0.486 e. The normalized spacial score (nSPS) is 19.3. The van der Waals surface area contributed by atoms with Gasteiger partial charge in [-0.05, 0) is 68.2 Å². The summed E-state index contributed by atoms with van der Waals surface area (Å²) in [6.45, 7) is 0.850. The molecule has 1 atom stereocenters. The molecule has 0 radical (unpaired) electrons. The number of hydrogen-bond donors (Lipinski definition) is 2. The van der Waals surface area contributed by atoms with E-state index >= 15 is 0 Å². The molecule has 2 aliphatic rings. The molecule has 2 amide bonds. The van der Waals surface area contributed by atoms with E-state index in [0.717, 1.165) is 31.4 Å². The molecule has 4 rings (SSSR count). The van der Waals surface area contributed by atoms with Crippen molar-refractivity contribution >= 4 is 11.8 Å². The Labute approximate surface area is 163 Å². The minimum absolute atomic E-state index is 0.148. The fourth-order valence-corrected chi connectivity index (χ4v) is 3.75. The van der Waals surface area contributed by atoms with Crippen molar-refractivity contribution < 1.29 is 18.8 Å². The van der Waals surface area contributed by atoms with E-state index in [1.54, 1.807) is 6.07 Å². The van der Waals surface area contributed by atoms with Gasteiger partial charge >= 0.3 is 0 Å². The molecule has 1 aliphatic heterocycles. The van der Waals surface area contributed by atoms with Gasteiger partial charge in [0.2, 0.25) is 5.91 Å². The standard InChI is InChI=1S/C21H25N3O4/c25-20-18(7-3-4-10-22-20)23-21(26)19-12-17(28-24-19)13-27-16-9-8-14-5-1-2-6-15(14)11-16/h8-9,11-12,18H,1-7,10,13H2,(H,22,25)(H,23,26)/t18-/m0/s1. The highest BCUT2D eigenvalue weighted by Gasteiger charge is 2.24. The zero-order valence-corrected chi connectivity index (χ0v) is 15.8. The van der Waals surface area contributed by atoms with E-state index in [1.165, 1.54) is 24.0 Å². The van der Waals surface area contributed by atoms with E-state index in [0.29, 0.717) is 18.7 Å². The molecule has 1 aliphatic carbocycles. The topological polar surface area (TPSA) is 93.5 Å². The van der Waals surface area contributed by atoms with Gasteiger partial charge in [0, 0.05) is 12.6 Å². The maximum atomic E-state index is 12.4. The maximum absolute atomic E-state index is 12.4. The Hall–Kier alpha value is -2.83. The highest BCUT2D eigenvalue weighted by atomic mass is 16.5. The van der Waals surface area contributed by atoms with Gasteiger partial charge in [-0.3, -0.25) is 9.59 Å². The van der Waals surface area contributed by atoms with E-state index in [9.17, 15) is 9.59 Å². The molecule has 1 saturated heterocycles. The number of nitrogens with one attached hydrogen (secondary N) is 2. The van der Waals surface area contributed by atoms with Gasteiger partial charge in [0.15, 0.2) is 11.5 Å². The lowest BCUT2D eigenvalue weighted by Gasteiger charge is -2.16. The average molecular weight is 383 g/mol. The SMILES string of the molecule is O=C(N[C@H]1CCCCNC1=O)c1cc(COc2ccc3c(c2)CCCC3)on1. The highest BCUT2D eigenvalue weighted by Crippen LogP contribution is 2.25. The molecule has 7 heteroatoms. The lowest BCUT2D eigenvalue weighted by Crippen LogP contribution is -2.45. The lowest BCUT2D eigenvalue weighted by molar-refractivity contribution is -0.122. The third-order valence-corrected chi connectivity index (χ3v) is 5.33. The second-order valence-electron chi connectivity index (χ2n) is 7.42. The van der Waals surface area contributed by atoms with Crippen LogP contribution in [0.25, 0.3) is 0 Å². The molecule has 148 valence electrons. The smallest absolute Gasteiger partial charge is 0.274 e. The number of benzene rings is 1. The Bertz CT molecular complexity index is 861. The summed E-state index contributed by atoms with van der Waals surface area (Å²) in [5.41, 5.74) is 2.91. The summed E-state index contributed by atoms with van der Waals surface area (Å²) in [6, 6.07) is 7.22. The van der Waals surface area contributed by atoms with Crippen LogP contribution in [0.1, 0.15) is 59.5 Å². The number of fused-ring (bicyclic) bond motifs is 1. The first kappa shape index (κ1) is 18.5. The number of ether oxygens (including phenoxy) is 1. The lowest BCUT2D eigenvalue weighted by atomic mass is 9.92. The van der Waals surface area contributed by atoms with Crippen molar-refractivity contribution in [3.63, 3.8) is 0 Å². The van der Waals surface area contributed by atoms with Crippen LogP contribution in [0.2, 0.25) is 0 Å². The summed E-state index contributed by atoms with van der Waals surface area (Å²) in [6.07, 6.45) is 7.14. The van der Waals surface area contributed by atoms with Crippen molar-refractivity contribution in [2.24, 2.45) is 0 Å². The van der Waals surface area contributed by atoms with Crippen LogP contribution in [0.15, 0.2) is 28.8 Å². The first-order valence-corrected chi connectivity index (χ1v) is 9.98. The maximum Gasteiger partial charge on any atom is 0.274 e. The molecule has 7 nitrogen and oxygen atoms in total. The van der Waals surface area contributed by atoms with Crippen molar-refractivity contribution in [1.82, 2.24) is 15.8 Å². The van der Waals surface area contributed by atoms with Gasteiger partial charge < -0.3 is 19.9 Å². The Balaban J connectivity index is 1.33. The van der Waals surface area contributed by atoms with E-state index in [-0.39, 0.29) is 18.2 Å². The van der Waals surface area contributed by atoms with Crippen LogP contribution in [0.3, 0.4) is 0 Å². The quantitative estimate of drug-likeness (QED) is 0.828. The Morgan fingerprint density at radius 1 is 1.18 bits per heavy atom. The third-order valence-electron chi connectivity index (χ3n) is 5.33. The monoisotopic (exact) mass is 383 g/mol. The van der Waals surface area contributed by atoms with Crippen molar-refractivity contribution in [2.45, 2.75) is 57.6 Å². The summed E-state index contributed by atoms with van der Waals surface area (Å²) in [4.78, 5) is 24.3. The van der Waals surface area contributed by atoms with Gasteiger partial charge in [-0.25, -0.2) is 0 Å². The predicted molar refractivity (Wildman–Crippen MR) is 102 cm³/mol. The van der Waals surface area contributed by atoms with E-state index < -0.39 is 11.9 Å². The summed E-state index contributed by atoms with van der Waals surface area (Å²) in [7, 11) is 0. The molecule has 1 fully saturated rings. The Kier molecular flexibility index (Phi) is 5.60. The summed E-state index contributed by atoms with van der Waals surface area (Å²) >= 11 is 0. The van der Waals surface area contributed by atoms with Crippen molar-refractivity contribution in [2.75, 3.05) is 6.54 Å². The molecule has 0 bridgehead atoms. The predicted octanol–water partition coefficient (Wildman–Crippen LogP) is 2.53. The van der Waals surface area contributed by atoms with Crippen LogP contribution >= 0.6 is 0 Å². The van der Waals surface area contributed by atoms with Crippen molar-refractivity contribution in [3.05, 3.63) is 46.8 Å². The van der Waals surface area contributed by atoms with E-state index in [1.807, 2.05) is 6.07 Å². The minimum atomic E-state index is -0.526. The highest BCUT2D eigenvalue weighted by molar-refractivity contribution is 5.96. The van der Waals surface area contributed by atoms with Crippen LogP contribution in [0, 0.1) is 0 Å². The molecule has 1 aromatic heterocycles. The fourth-order valence-electron chi connectivity index (χ4n) is 3.75. The summed E-state index contributed by atoms with van der Waals surface area (Å²) < 4.78 is 11.0. The van der Waals surface area contributed by atoms with Gasteiger partial charge in [-0.2, -0.15) is 0 Å². The average Bonchev–Trinajstić information content (AvgIpc) is 3.11. The number of rotatable bonds is 5. The van der Waals surface area contributed by atoms with E-state index in [4.69, 9.17) is 9.26 Å². The van der Waals surface area contributed by atoms with Gasteiger partial charge in [0.1, 0.15) is 18.4 Å². The summed E-state index contributed by atoms with van der Waals surface area (Å²) in [5, 5.41) is 9.34. The van der Waals surface area contributed by atoms with Gasteiger partial charge in [0.25, 0.3) is 5.91 Å². The number of hydrogen-bond acceptors (Lipinski definition) is 5. The van der Waals surface area contributed by atoms with Crippen molar-refractivity contribution in [3.8, 4) is 5.75 Å². The third kappa shape index (κ3) is 4.35. The zero-order valence-electron chi connectivity index (χ0n) is 15.8. The van der Waals surface area contributed by atoms with Crippen molar-refractivity contribution in [1.29, 1.82) is 0 Å². The molecule has 1 aromatic carbocycles. The van der Waals surface area contributed by atoms with Crippen LogP contribution in [0.4, 0.5) is 0 Å². The number of amides is 2. The fraction of sp³-hybridized carbons (Fsp3) is 0.476. The molecule has 2 aromatic rings. The Morgan fingerprint density at radius 3 is 2.93 bits per heavy atom. The first-order valence-electron chi connectivity index (χ1n) is 9.98. The molecule has 2 N–H and O–H groups in total. The number of carbonyl (C=O) groups is 2. The number of aryl methyl sites for hydroxylation is 2. The first-order chi connectivity index (χ1) is 13.7. The number of nitrogens with zero attached hydrogens (tertiary/aromatic N) is 1. The van der Waals surface area contributed by atoms with Gasteiger partial charge in [0.05, 0.1) is 0 Å². The summed E-state index contributed by atoms with van der Waals surface area (Å²) in [5.74, 6) is 0.697. The van der Waals surface area contributed by atoms with Crippen LogP contribution < -0.4 is 15.4 Å². The molecule has 0 saturated carbocycles. The van der Waals surface area contributed by atoms with Crippen LogP contribution in [0.5, 0.6) is 5.75 Å². The second-order valence-corrected chi connectivity index (χ2v) is 7.42.